The predicted octanol–water partition coefficient (Wildman–Crippen LogP) is 2.32. The summed E-state index contributed by atoms with van der Waals surface area (Å²) in [5.74, 6) is 0. The van der Waals surface area contributed by atoms with Crippen LogP contribution in [0.25, 0.3) is 0 Å². The fraction of sp³-hybridized carbons (Fsp3) is 0.438. The molecule has 0 saturated heterocycles. The topological polar surface area (TPSA) is 48.2 Å². The van der Waals surface area contributed by atoms with E-state index in [0.29, 0.717) is 13.2 Å². The van der Waals surface area contributed by atoms with Crippen LogP contribution in [0.3, 0.4) is 0 Å². The molecule has 0 bridgehead atoms. The number of aryl methyl sites for hydroxylation is 1. The maximum absolute atomic E-state index is 11.7. The zero-order valence-electron chi connectivity index (χ0n) is 12.7. The van der Waals surface area contributed by atoms with Gasteiger partial charge in [0.2, 0.25) is 0 Å². The number of nitrogens with one attached hydrogen (secondary N) is 1. The maximum atomic E-state index is 11.7. The van der Waals surface area contributed by atoms with E-state index in [2.05, 4.69) is 35.1 Å². The minimum absolute atomic E-state index is 0.00745. The van der Waals surface area contributed by atoms with Gasteiger partial charge >= 0.3 is 0 Å². The Morgan fingerprint density at radius 2 is 2.05 bits per heavy atom. The summed E-state index contributed by atoms with van der Waals surface area (Å²) in [6, 6.07) is 7.58. The molecule has 0 fully saturated rings. The molecule has 5 heteroatoms. The smallest absolute Gasteiger partial charge is 0.250 e. The first-order chi connectivity index (χ1) is 10.2. The number of aromatic nitrogens is 2. The van der Waals surface area contributed by atoms with Crippen LogP contribution in [0.15, 0.2) is 41.5 Å². The van der Waals surface area contributed by atoms with Crippen molar-refractivity contribution in [2.75, 3.05) is 19.0 Å². The number of hydrogen-bond acceptors (Lipinski definition) is 3. The number of methoxy groups -OCH3 is 1. The number of hydrogen-bond donors (Lipinski definition) is 1. The summed E-state index contributed by atoms with van der Waals surface area (Å²) in [4.78, 5) is 11.7. The molecule has 0 aliphatic rings. The highest BCUT2D eigenvalue weighted by atomic mass is 16.5. The van der Waals surface area contributed by atoms with Crippen molar-refractivity contribution in [3.8, 4) is 0 Å². The molecule has 0 amide bonds. The van der Waals surface area contributed by atoms with E-state index in [1.54, 1.807) is 17.7 Å². The quantitative estimate of drug-likeness (QED) is 0.811. The second-order valence-electron chi connectivity index (χ2n) is 4.99. The summed E-state index contributed by atoms with van der Waals surface area (Å²) in [6.45, 7) is 5.04. The molecule has 2 aromatic rings. The van der Waals surface area contributed by atoms with E-state index in [9.17, 15) is 4.79 Å². The van der Waals surface area contributed by atoms with Gasteiger partial charge in [0.05, 0.1) is 18.8 Å². The molecule has 0 atom stereocenters. The summed E-state index contributed by atoms with van der Waals surface area (Å²) in [6.07, 6.45) is 5.05. The van der Waals surface area contributed by atoms with Gasteiger partial charge < -0.3 is 19.2 Å². The molecule has 0 aliphatic heterocycles. The lowest BCUT2D eigenvalue weighted by Crippen LogP contribution is -2.21. The summed E-state index contributed by atoms with van der Waals surface area (Å²) >= 11 is 0. The maximum Gasteiger partial charge on any atom is 0.250 e. The lowest BCUT2D eigenvalue weighted by Gasteiger charge is -2.12. The van der Waals surface area contributed by atoms with Gasteiger partial charge in [-0.15, -0.1) is 0 Å². The van der Waals surface area contributed by atoms with Gasteiger partial charge in [-0.05, 0) is 24.6 Å². The first-order valence-electron chi connectivity index (χ1n) is 7.32. The fourth-order valence-corrected chi connectivity index (χ4v) is 2.26. The molecule has 0 unspecified atom stereocenters. The Morgan fingerprint density at radius 1 is 1.19 bits per heavy atom. The predicted molar refractivity (Wildman–Crippen MR) is 84.6 cm³/mol. The largest absolute Gasteiger partial charge is 0.383 e. The standard InChI is InChI=1S/C16H23N3O2/c1-3-8-18-9-4-5-15(18)12-17-14-6-7-16(20)19(13-14)10-11-21-2/h4-7,9,13,17H,3,8,10-12H2,1-2H3. The lowest BCUT2D eigenvalue weighted by molar-refractivity contribution is 0.186. The van der Waals surface area contributed by atoms with Gasteiger partial charge in [-0.25, -0.2) is 0 Å². The molecule has 21 heavy (non-hydrogen) atoms. The first-order valence-corrected chi connectivity index (χ1v) is 7.32. The van der Waals surface area contributed by atoms with Gasteiger partial charge in [0.1, 0.15) is 0 Å². The summed E-state index contributed by atoms with van der Waals surface area (Å²) in [5.41, 5.74) is 2.17. The van der Waals surface area contributed by atoms with Crippen molar-refractivity contribution in [2.45, 2.75) is 33.0 Å². The minimum Gasteiger partial charge on any atom is -0.383 e. The van der Waals surface area contributed by atoms with Crippen LogP contribution in [-0.2, 0) is 24.4 Å². The molecule has 5 nitrogen and oxygen atoms in total. The number of nitrogens with zero attached hydrogens (tertiary/aromatic N) is 2. The zero-order valence-corrected chi connectivity index (χ0v) is 12.7. The van der Waals surface area contributed by atoms with E-state index in [1.165, 1.54) is 5.69 Å². The minimum atomic E-state index is -0.00745. The monoisotopic (exact) mass is 289 g/mol. The average Bonchev–Trinajstić information content (AvgIpc) is 2.93. The van der Waals surface area contributed by atoms with Gasteiger partial charge in [-0.1, -0.05) is 6.92 Å². The number of pyridine rings is 1. The van der Waals surface area contributed by atoms with Gasteiger partial charge in [0.15, 0.2) is 0 Å². The number of ether oxygens (including phenoxy) is 1. The van der Waals surface area contributed by atoms with Crippen molar-refractivity contribution in [3.05, 3.63) is 52.7 Å². The molecule has 114 valence electrons. The van der Waals surface area contributed by atoms with Crippen LogP contribution < -0.4 is 10.9 Å². The molecule has 2 heterocycles. The normalized spacial score (nSPS) is 10.8. The molecule has 1 N–H and O–H groups in total. The lowest BCUT2D eigenvalue weighted by atomic mass is 10.3. The van der Waals surface area contributed by atoms with Crippen molar-refractivity contribution in [2.24, 2.45) is 0 Å². The van der Waals surface area contributed by atoms with Crippen LogP contribution in [0, 0.1) is 0 Å². The molecular weight excluding hydrogens is 266 g/mol. The third-order valence-electron chi connectivity index (χ3n) is 3.38. The van der Waals surface area contributed by atoms with E-state index in [0.717, 1.165) is 25.2 Å². The van der Waals surface area contributed by atoms with Crippen molar-refractivity contribution in [1.29, 1.82) is 0 Å². The SMILES string of the molecule is CCCn1cccc1CNc1ccc(=O)n(CCOC)c1. The van der Waals surface area contributed by atoms with Crippen LogP contribution in [0.5, 0.6) is 0 Å². The molecule has 2 rings (SSSR count). The Labute approximate surface area is 125 Å². The van der Waals surface area contributed by atoms with Crippen molar-refractivity contribution in [1.82, 2.24) is 9.13 Å². The van der Waals surface area contributed by atoms with E-state index < -0.39 is 0 Å². The van der Waals surface area contributed by atoms with E-state index in [-0.39, 0.29) is 5.56 Å². The van der Waals surface area contributed by atoms with Gasteiger partial charge in [-0.3, -0.25) is 4.79 Å². The Bertz CT molecular complexity index is 616. The van der Waals surface area contributed by atoms with Crippen LogP contribution in [-0.4, -0.2) is 22.9 Å². The molecule has 0 radical (unpaired) electrons. The molecule has 2 aromatic heterocycles. The highest BCUT2D eigenvalue weighted by Gasteiger charge is 2.02. The molecular formula is C16H23N3O2. The Balaban J connectivity index is 2.02. The highest BCUT2D eigenvalue weighted by Crippen LogP contribution is 2.09. The van der Waals surface area contributed by atoms with Crippen LogP contribution in [0.4, 0.5) is 5.69 Å². The summed E-state index contributed by atoms with van der Waals surface area (Å²) in [7, 11) is 1.63. The summed E-state index contributed by atoms with van der Waals surface area (Å²) in [5, 5.41) is 3.37. The molecule has 0 aromatic carbocycles. The van der Waals surface area contributed by atoms with Gasteiger partial charge in [0, 0.05) is 44.4 Å². The zero-order chi connectivity index (χ0) is 15.1. The summed E-state index contributed by atoms with van der Waals surface area (Å²) < 4.78 is 8.93. The van der Waals surface area contributed by atoms with Crippen LogP contribution in [0.1, 0.15) is 19.0 Å². The third-order valence-corrected chi connectivity index (χ3v) is 3.38. The number of rotatable bonds is 8. The first kappa shape index (κ1) is 15.4. The van der Waals surface area contributed by atoms with Gasteiger partial charge in [-0.2, -0.15) is 0 Å². The van der Waals surface area contributed by atoms with Crippen LogP contribution in [0.2, 0.25) is 0 Å². The number of anilines is 1. The van der Waals surface area contributed by atoms with Crippen molar-refractivity contribution in [3.63, 3.8) is 0 Å². The fourth-order valence-electron chi connectivity index (χ4n) is 2.26. The Kier molecular flexibility index (Phi) is 5.63. The Hall–Kier alpha value is -2.01. The second kappa shape index (κ2) is 7.69. The van der Waals surface area contributed by atoms with Crippen molar-refractivity contribution < 1.29 is 4.74 Å². The van der Waals surface area contributed by atoms with Gasteiger partial charge in [0.25, 0.3) is 5.56 Å². The molecule has 0 saturated carbocycles. The van der Waals surface area contributed by atoms with E-state index >= 15 is 0 Å². The third kappa shape index (κ3) is 4.23. The second-order valence-corrected chi connectivity index (χ2v) is 4.99. The molecule has 0 spiro atoms. The Morgan fingerprint density at radius 3 is 2.81 bits per heavy atom. The van der Waals surface area contributed by atoms with E-state index in [1.807, 2.05) is 12.3 Å². The average molecular weight is 289 g/mol. The molecule has 0 aliphatic carbocycles. The van der Waals surface area contributed by atoms with E-state index in [4.69, 9.17) is 4.74 Å². The van der Waals surface area contributed by atoms with Crippen LogP contribution >= 0.6 is 0 Å². The van der Waals surface area contributed by atoms with Crippen molar-refractivity contribution >= 4 is 5.69 Å². The highest BCUT2D eigenvalue weighted by molar-refractivity contribution is 5.40.